The van der Waals surface area contributed by atoms with Gasteiger partial charge in [-0.25, -0.2) is 4.99 Å². The summed E-state index contributed by atoms with van der Waals surface area (Å²) in [4.78, 5) is 21.6. The van der Waals surface area contributed by atoms with E-state index >= 15 is 0 Å². The molecule has 30 heavy (non-hydrogen) atoms. The molecule has 0 atom stereocenters. The Morgan fingerprint density at radius 1 is 1.07 bits per heavy atom. The van der Waals surface area contributed by atoms with Crippen molar-refractivity contribution < 1.29 is 4.79 Å². The van der Waals surface area contributed by atoms with Crippen LogP contribution in [0.5, 0.6) is 0 Å². The minimum Gasteiger partial charge on any atom is -0.357 e. The number of hydrogen-bond acceptors (Lipinski definition) is 3. The van der Waals surface area contributed by atoms with Crippen molar-refractivity contribution in [1.29, 1.82) is 0 Å². The number of rotatable bonds is 8. The summed E-state index contributed by atoms with van der Waals surface area (Å²) in [6.45, 7) is 11.3. The highest BCUT2D eigenvalue weighted by Gasteiger charge is 2.30. The summed E-state index contributed by atoms with van der Waals surface area (Å²) < 4.78 is 0. The summed E-state index contributed by atoms with van der Waals surface area (Å²) in [5.74, 6) is 1.58. The van der Waals surface area contributed by atoms with Crippen LogP contribution < -0.4 is 10.6 Å². The van der Waals surface area contributed by atoms with E-state index in [0.29, 0.717) is 18.4 Å². The first-order chi connectivity index (χ1) is 14.2. The molecule has 2 aliphatic rings. The topological polar surface area (TPSA) is 60.0 Å². The largest absolute Gasteiger partial charge is 0.357 e. The number of halogens is 1. The molecule has 1 saturated carbocycles. The first kappa shape index (κ1) is 24.9. The summed E-state index contributed by atoms with van der Waals surface area (Å²) >= 11 is 0. The number of benzene rings is 1. The zero-order valence-corrected chi connectivity index (χ0v) is 20.9. The van der Waals surface area contributed by atoms with Crippen molar-refractivity contribution in [2.75, 3.05) is 45.8 Å². The molecule has 0 unspecified atom stereocenters. The molecule has 1 aliphatic heterocycles. The van der Waals surface area contributed by atoms with E-state index < -0.39 is 0 Å². The third-order valence-corrected chi connectivity index (χ3v) is 6.11. The van der Waals surface area contributed by atoms with Gasteiger partial charge in [-0.15, -0.1) is 24.0 Å². The maximum absolute atomic E-state index is 12.4. The van der Waals surface area contributed by atoms with Crippen molar-refractivity contribution >= 4 is 35.8 Å². The Balaban J connectivity index is 0.00000320. The van der Waals surface area contributed by atoms with Crippen LogP contribution in [0.1, 0.15) is 44.2 Å². The normalized spacial score (nSPS) is 17.8. The standard InChI is InChI=1S/C23H37N5O.HI/c1-3-19-8-5-6-9-21(19)18-26-23(24-4-2)25-12-13-27-14-16-28(17-15-27)22(29)20-10-7-11-20;/h5-6,8-9,20H,3-4,7,10-18H2,1-2H3,(H2,24,25,26);1H. The van der Waals surface area contributed by atoms with E-state index in [1.807, 2.05) is 0 Å². The predicted molar refractivity (Wildman–Crippen MR) is 134 cm³/mol. The van der Waals surface area contributed by atoms with Crippen LogP contribution in [-0.4, -0.2) is 67.5 Å². The number of aliphatic imine (C=N–C) groups is 1. The lowest BCUT2D eigenvalue weighted by Gasteiger charge is -2.38. The van der Waals surface area contributed by atoms with Gasteiger partial charge in [-0.2, -0.15) is 0 Å². The molecule has 168 valence electrons. The van der Waals surface area contributed by atoms with Crippen molar-refractivity contribution in [2.45, 2.75) is 46.1 Å². The summed E-state index contributed by atoms with van der Waals surface area (Å²) in [7, 11) is 0. The number of amides is 1. The van der Waals surface area contributed by atoms with Crippen LogP contribution in [0.4, 0.5) is 0 Å². The Labute approximate surface area is 198 Å². The molecule has 1 heterocycles. The third kappa shape index (κ3) is 7.11. The number of carbonyl (C=O) groups excluding carboxylic acids is 1. The van der Waals surface area contributed by atoms with E-state index in [0.717, 1.165) is 71.0 Å². The number of aryl methyl sites for hydroxylation is 1. The molecular formula is C23H38IN5O. The smallest absolute Gasteiger partial charge is 0.225 e. The van der Waals surface area contributed by atoms with E-state index in [-0.39, 0.29) is 24.0 Å². The van der Waals surface area contributed by atoms with Crippen molar-refractivity contribution in [3.05, 3.63) is 35.4 Å². The first-order valence-electron chi connectivity index (χ1n) is 11.3. The van der Waals surface area contributed by atoms with Gasteiger partial charge in [-0.1, -0.05) is 37.6 Å². The van der Waals surface area contributed by atoms with Crippen LogP contribution in [0.3, 0.4) is 0 Å². The molecule has 2 N–H and O–H groups in total. The maximum atomic E-state index is 12.4. The number of carbonyl (C=O) groups is 1. The first-order valence-corrected chi connectivity index (χ1v) is 11.3. The summed E-state index contributed by atoms with van der Waals surface area (Å²) in [5, 5.41) is 6.81. The van der Waals surface area contributed by atoms with Crippen molar-refractivity contribution in [2.24, 2.45) is 10.9 Å². The lowest BCUT2D eigenvalue weighted by Crippen LogP contribution is -2.52. The van der Waals surface area contributed by atoms with Crippen molar-refractivity contribution in [3.63, 3.8) is 0 Å². The number of hydrogen-bond donors (Lipinski definition) is 2. The van der Waals surface area contributed by atoms with Crippen LogP contribution in [0.2, 0.25) is 0 Å². The van der Waals surface area contributed by atoms with Gasteiger partial charge in [-0.3, -0.25) is 9.69 Å². The molecule has 2 fully saturated rings. The molecule has 6 nitrogen and oxygen atoms in total. The highest BCUT2D eigenvalue weighted by atomic mass is 127. The molecule has 1 aliphatic carbocycles. The highest BCUT2D eigenvalue weighted by molar-refractivity contribution is 14.0. The van der Waals surface area contributed by atoms with Gasteiger partial charge in [0.25, 0.3) is 0 Å². The highest BCUT2D eigenvalue weighted by Crippen LogP contribution is 2.28. The molecule has 1 amide bonds. The van der Waals surface area contributed by atoms with Crippen LogP contribution in [0.25, 0.3) is 0 Å². The second-order valence-corrected chi connectivity index (χ2v) is 8.04. The Morgan fingerprint density at radius 3 is 2.37 bits per heavy atom. The van der Waals surface area contributed by atoms with Gasteiger partial charge in [0, 0.05) is 51.7 Å². The monoisotopic (exact) mass is 527 g/mol. The van der Waals surface area contributed by atoms with E-state index in [2.05, 4.69) is 58.5 Å². The molecular weight excluding hydrogens is 489 g/mol. The molecule has 0 aromatic heterocycles. The molecule has 3 rings (SSSR count). The number of piperazine rings is 1. The second kappa shape index (κ2) is 13.1. The molecule has 7 heteroatoms. The third-order valence-electron chi connectivity index (χ3n) is 6.11. The van der Waals surface area contributed by atoms with Crippen LogP contribution >= 0.6 is 24.0 Å². The molecule has 1 aromatic carbocycles. The predicted octanol–water partition coefficient (Wildman–Crippen LogP) is 2.87. The van der Waals surface area contributed by atoms with Gasteiger partial charge >= 0.3 is 0 Å². The molecule has 0 spiro atoms. The zero-order chi connectivity index (χ0) is 20.5. The fraction of sp³-hybridized carbons (Fsp3) is 0.652. The SMILES string of the molecule is CCNC(=NCc1ccccc1CC)NCCN1CCN(C(=O)C2CCC2)CC1.I. The minimum absolute atomic E-state index is 0. The number of guanidine groups is 1. The lowest BCUT2D eigenvalue weighted by atomic mass is 9.84. The van der Waals surface area contributed by atoms with Gasteiger partial charge in [0.15, 0.2) is 5.96 Å². The molecule has 0 bridgehead atoms. The Bertz CT molecular complexity index is 684. The molecule has 1 saturated heterocycles. The zero-order valence-electron chi connectivity index (χ0n) is 18.5. The number of nitrogens with one attached hydrogen (secondary N) is 2. The molecule has 1 aromatic rings. The van der Waals surface area contributed by atoms with Crippen LogP contribution in [0.15, 0.2) is 29.3 Å². The minimum atomic E-state index is 0. The lowest BCUT2D eigenvalue weighted by molar-refractivity contribution is -0.139. The van der Waals surface area contributed by atoms with Gasteiger partial charge in [0.05, 0.1) is 6.54 Å². The van der Waals surface area contributed by atoms with Crippen molar-refractivity contribution in [3.8, 4) is 0 Å². The van der Waals surface area contributed by atoms with E-state index in [1.54, 1.807) is 0 Å². The average molecular weight is 527 g/mol. The van der Waals surface area contributed by atoms with E-state index in [4.69, 9.17) is 4.99 Å². The fourth-order valence-electron chi connectivity index (χ4n) is 4.00. The summed E-state index contributed by atoms with van der Waals surface area (Å²) in [6, 6.07) is 8.52. The summed E-state index contributed by atoms with van der Waals surface area (Å²) in [5.41, 5.74) is 2.65. The number of nitrogens with zero attached hydrogens (tertiary/aromatic N) is 3. The van der Waals surface area contributed by atoms with Crippen LogP contribution in [-0.2, 0) is 17.8 Å². The second-order valence-electron chi connectivity index (χ2n) is 8.04. The summed E-state index contributed by atoms with van der Waals surface area (Å²) in [6.07, 6.45) is 4.45. The quantitative estimate of drug-likeness (QED) is 0.310. The van der Waals surface area contributed by atoms with Crippen molar-refractivity contribution in [1.82, 2.24) is 20.4 Å². The van der Waals surface area contributed by atoms with E-state index in [9.17, 15) is 4.79 Å². The van der Waals surface area contributed by atoms with Gasteiger partial charge in [-0.05, 0) is 37.3 Å². The van der Waals surface area contributed by atoms with E-state index in [1.165, 1.54) is 17.5 Å². The van der Waals surface area contributed by atoms with Crippen LogP contribution in [0, 0.1) is 5.92 Å². The fourth-order valence-corrected chi connectivity index (χ4v) is 4.00. The van der Waals surface area contributed by atoms with Gasteiger partial charge < -0.3 is 15.5 Å². The Hall–Kier alpha value is -1.35. The Morgan fingerprint density at radius 2 is 1.77 bits per heavy atom. The average Bonchev–Trinajstić information content (AvgIpc) is 2.71. The Kier molecular flexibility index (Phi) is 10.9. The van der Waals surface area contributed by atoms with Gasteiger partial charge in [0.2, 0.25) is 5.91 Å². The maximum Gasteiger partial charge on any atom is 0.225 e. The van der Waals surface area contributed by atoms with Gasteiger partial charge in [0.1, 0.15) is 0 Å². The molecule has 0 radical (unpaired) electrons.